The summed E-state index contributed by atoms with van der Waals surface area (Å²) in [4.78, 5) is 31.2. The molecular formula is C30H30FN7O2. The molecule has 2 aromatic heterocycles. The van der Waals surface area contributed by atoms with Crippen LogP contribution in [0.25, 0.3) is 11.1 Å². The number of hydrogen-bond acceptors (Lipinski definition) is 6. The summed E-state index contributed by atoms with van der Waals surface area (Å²) in [7, 11) is 3.38. The van der Waals surface area contributed by atoms with Gasteiger partial charge in [0.05, 0.1) is 17.8 Å². The zero-order valence-electron chi connectivity index (χ0n) is 22.5. The number of likely N-dealkylation sites (N-methyl/N-ethyl adjacent to an activating group) is 1. The van der Waals surface area contributed by atoms with Crippen LogP contribution in [0.15, 0.2) is 79.3 Å². The molecule has 0 aliphatic carbocycles. The normalized spacial score (nSPS) is 12.3. The van der Waals surface area contributed by atoms with Crippen LogP contribution in [0.1, 0.15) is 35.6 Å². The summed E-state index contributed by atoms with van der Waals surface area (Å²) in [6.45, 7) is 2.58. The minimum Gasteiger partial charge on any atom is -0.347 e. The van der Waals surface area contributed by atoms with Crippen LogP contribution in [0.3, 0.4) is 0 Å². The van der Waals surface area contributed by atoms with E-state index in [1.54, 1.807) is 73.8 Å². The maximum absolute atomic E-state index is 14.0. The number of nitriles is 1. The van der Waals surface area contributed by atoms with Crippen molar-refractivity contribution in [3.63, 3.8) is 0 Å². The van der Waals surface area contributed by atoms with E-state index in [2.05, 4.69) is 26.8 Å². The van der Waals surface area contributed by atoms with E-state index in [9.17, 15) is 14.0 Å². The van der Waals surface area contributed by atoms with E-state index in [1.807, 2.05) is 19.1 Å². The molecule has 0 radical (unpaired) electrons. The predicted octanol–water partition coefficient (Wildman–Crippen LogP) is 4.12. The van der Waals surface area contributed by atoms with Crippen LogP contribution in [-0.4, -0.2) is 52.1 Å². The number of halogens is 1. The molecule has 0 saturated carbocycles. The molecule has 2 heterocycles. The van der Waals surface area contributed by atoms with Crippen molar-refractivity contribution in [3.05, 3.63) is 102 Å². The van der Waals surface area contributed by atoms with E-state index >= 15 is 0 Å². The number of nitrogens with zero attached hydrogens (tertiary/aromatic N) is 5. The molecular weight excluding hydrogens is 509 g/mol. The first-order chi connectivity index (χ1) is 19.2. The molecule has 4 rings (SSSR count). The first kappa shape index (κ1) is 28.1. The summed E-state index contributed by atoms with van der Waals surface area (Å²) in [5, 5.41) is 19.3. The Morgan fingerprint density at radius 2 is 1.82 bits per heavy atom. The third kappa shape index (κ3) is 7.15. The highest BCUT2D eigenvalue weighted by Gasteiger charge is 2.22. The lowest BCUT2D eigenvalue weighted by atomic mass is 9.98. The van der Waals surface area contributed by atoms with E-state index in [0.717, 1.165) is 16.7 Å². The second kappa shape index (κ2) is 12.8. The Labute approximate surface area is 232 Å². The molecule has 0 bridgehead atoms. The number of nitrogens with one attached hydrogen (secondary N) is 2. The monoisotopic (exact) mass is 539 g/mol. The van der Waals surface area contributed by atoms with E-state index in [0.29, 0.717) is 23.5 Å². The van der Waals surface area contributed by atoms with Crippen molar-refractivity contribution in [3.8, 4) is 17.2 Å². The van der Waals surface area contributed by atoms with E-state index in [-0.39, 0.29) is 24.3 Å². The van der Waals surface area contributed by atoms with Gasteiger partial charge in [-0.1, -0.05) is 31.2 Å². The van der Waals surface area contributed by atoms with Crippen LogP contribution in [0, 0.1) is 17.1 Å². The van der Waals surface area contributed by atoms with Gasteiger partial charge in [0, 0.05) is 44.2 Å². The van der Waals surface area contributed by atoms with E-state index in [1.165, 1.54) is 17.0 Å². The Morgan fingerprint density at radius 3 is 2.48 bits per heavy atom. The molecule has 1 unspecified atom stereocenters. The number of rotatable bonds is 10. The Hall–Kier alpha value is -4.88. The average Bonchev–Trinajstić information content (AvgIpc) is 3.42. The molecule has 2 N–H and O–H groups in total. The third-order valence-electron chi connectivity index (χ3n) is 6.46. The minimum absolute atomic E-state index is 0.0305. The minimum atomic E-state index is -0.828. The number of hydrogen-bond donors (Lipinski definition) is 2. The quantitative estimate of drug-likeness (QED) is 0.313. The molecule has 2 atom stereocenters. The van der Waals surface area contributed by atoms with Gasteiger partial charge in [-0.05, 0) is 53.4 Å². The molecule has 2 amide bonds. The van der Waals surface area contributed by atoms with Crippen LogP contribution < -0.4 is 10.6 Å². The summed E-state index contributed by atoms with van der Waals surface area (Å²) in [5.74, 6) is -0.519. The number of anilines is 1. The molecule has 0 aliphatic heterocycles. The Balaban J connectivity index is 1.45. The molecule has 10 heteroatoms. The molecule has 9 nitrogen and oxygen atoms in total. The maximum atomic E-state index is 14.0. The molecule has 4 aromatic rings. The van der Waals surface area contributed by atoms with Crippen molar-refractivity contribution < 1.29 is 14.0 Å². The Morgan fingerprint density at radius 1 is 1.05 bits per heavy atom. The number of carbonyl (C=O) groups excluding carboxylic acids is 2. The van der Waals surface area contributed by atoms with Gasteiger partial charge in [0.1, 0.15) is 24.2 Å². The van der Waals surface area contributed by atoms with Gasteiger partial charge >= 0.3 is 0 Å². The SMILES string of the molecule is C[C@H](CNC(C(=O)Nc1ccc(-c2cnn(CC(=O)N(C)C)c2)cn1)c1cccc(F)c1)c1ccc(C#N)cc1. The summed E-state index contributed by atoms with van der Waals surface area (Å²) in [5.41, 5.74) is 3.63. The fourth-order valence-electron chi connectivity index (χ4n) is 4.06. The number of carbonyl (C=O) groups is 2. The average molecular weight is 540 g/mol. The predicted molar refractivity (Wildman–Crippen MR) is 149 cm³/mol. The van der Waals surface area contributed by atoms with Gasteiger partial charge in [0.2, 0.25) is 11.8 Å². The first-order valence-corrected chi connectivity index (χ1v) is 12.7. The van der Waals surface area contributed by atoms with Crippen LogP contribution in [-0.2, 0) is 16.1 Å². The van der Waals surface area contributed by atoms with Gasteiger partial charge in [0.15, 0.2) is 0 Å². The van der Waals surface area contributed by atoms with Gasteiger partial charge in [-0.2, -0.15) is 10.4 Å². The molecule has 2 aromatic carbocycles. The summed E-state index contributed by atoms with van der Waals surface area (Å²) < 4.78 is 15.6. The lowest BCUT2D eigenvalue weighted by Crippen LogP contribution is -2.35. The molecule has 204 valence electrons. The topological polar surface area (TPSA) is 116 Å². The second-order valence-corrected chi connectivity index (χ2v) is 9.67. The van der Waals surface area contributed by atoms with Crippen molar-refractivity contribution >= 4 is 17.6 Å². The second-order valence-electron chi connectivity index (χ2n) is 9.67. The van der Waals surface area contributed by atoms with Crippen molar-refractivity contribution in [2.45, 2.75) is 25.4 Å². The number of aromatic nitrogens is 3. The van der Waals surface area contributed by atoms with Gasteiger partial charge in [-0.15, -0.1) is 0 Å². The van der Waals surface area contributed by atoms with E-state index in [4.69, 9.17) is 5.26 Å². The van der Waals surface area contributed by atoms with Crippen LogP contribution in [0.4, 0.5) is 10.2 Å². The molecule has 40 heavy (non-hydrogen) atoms. The third-order valence-corrected chi connectivity index (χ3v) is 6.46. The van der Waals surface area contributed by atoms with Gasteiger partial charge < -0.3 is 15.5 Å². The highest BCUT2D eigenvalue weighted by atomic mass is 19.1. The van der Waals surface area contributed by atoms with E-state index < -0.39 is 11.9 Å². The standard InChI is InChI=1S/C30H30FN7O2/c1-20(22-9-7-21(14-32)8-10-22)15-34-29(23-5-4-6-26(31)13-23)30(40)36-27-12-11-24(16-33-27)25-17-35-38(18-25)19-28(39)37(2)3/h4-13,16-18,20,29,34H,15,19H2,1-3H3,(H,33,36,40)/t20-,29?/m1/s1. The van der Waals surface area contributed by atoms with Crippen molar-refractivity contribution in [1.82, 2.24) is 25.0 Å². The fourth-order valence-corrected chi connectivity index (χ4v) is 4.06. The lowest BCUT2D eigenvalue weighted by molar-refractivity contribution is -0.129. The number of amides is 2. The Bertz CT molecular complexity index is 1510. The van der Waals surface area contributed by atoms with Crippen LogP contribution in [0.2, 0.25) is 0 Å². The smallest absolute Gasteiger partial charge is 0.247 e. The van der Waals surface area contributed by atoms with Crippen LogP contribution >= 0.6 is 0 Å². The Kier molecular flexibility index (Phi) is 8.99. The molecule has 0 aliphatic rings. The van der Waals surface area contributed by atoms with Gasteiger partial charge in [-0.25, -0.2) is 9.37 Å². The summed E-state index contributed by atoms with van der Waals surface area (Å²) >= 11 is 0. The van der Waals surface area contributed by atoms with Gasteiger partial charge in [0.25, 0.3) is 0 Å². The van der Waals surface area contributed by atoms with Crippen molar-refractivity contribution in [2.75, 3.05) is 26.0 Å². The van der Waals surface area contributed by atoms with Crippen molar-refractivity contribution in [1.29, 1.82) is 5.26 Å². The fraction of sp³-hybridized carbons (Fsp3) is 0.233. The number of benzene rings is 2. The maximum Gasteiger partial charge on any atom is 0.247 e. The summed E-state index contributed by atoms with van der Waals surface area (Å²) in [6.07, 6.45) is 5.02. The molecule has 0 saturated heterocycles. The largest absolute Gasteiger partial charge is 0.347 e. The molecule has 0 spiro atoms. The van der Waals surface area contributed by atoms with Crippen molar-refractivity contribution in [2.24, 2.45) is 0 Å². The first-order valence-electron chi connectivity index (χ1n) is 12.7. The highest BCUT2D eigenvalue weighted by molar-refractivity contribution is 5.95. The summed E-state index contributed by atoms with van der Waals surface area (Å²) in [6, 6.07) is 18.0. The zero-order chi connectivity index (χ0) is 28.6. The number of pyridine rings is 1. The lowest BCUT2D eigenvalue weighted by Gasteiger charge is -2.21. The zero-order valence-corrected chi connectivity index (χ0v) is 22.5. The van der Waals surface area contributed by atoms with Crippen LogP contribution in [0.5, 0.6) is 0 Å². The van der Waals surface area contributed by atoms with Gasteiger partial charge in [-0.3, -0.25) is 14.3 Å². The highest BCUT2D eigenvalue weighted by Crippen LogP contribution is 2.22. The molecule has 0 fully saturated rings.